The number of aryl methyl sites for hydroxylation is 1. The van der Waals surface area contributed by atoms with Gasteiger partial charge >= 0.3 is 0 Å². The fourth-order valence-corrected chi connectivity index (χ4v) is 5.70. The van der Waals surface area contributed by atoms with Crippen LogP contribution >= 0.6 is 0 Å². The van der Waals surface area contributed by atoms with Gasteiger partial charge in [-0.1, -0.05) is 29.8 Å². The summed E-state index contributed by atoms with van der Waals surface area (Å²) in [5, 5.41) is 7.08. The summed E-state index contributed by atoms with van der Waals surface area (Å²) in [6.45, 7) is 3.99. The van der Waals surface area contributed by atoms with Gasteiger partial charge in [-0.2, -0.15) is 4.98 Å². The maximum absolute atomic E-state index is 12.8. The third-order valence-corrected chi connectivity index (χ3v) is 7.93. The van der Waals surface area contributed by atoms with Gasteiger partial charge in [-0.3, -0.25) is 4.79 Å². The highest BCUT2D eigenvalue weighted by Crippen LogP contribution is 2.29. The second kappa shape index (κ2) is 8.27. The fraction of sp³-hybridized carbons (Fsp3) is 0.348. The van der Waals surface area contributed by atoms with Gasteiger partial charge in [0.25, 0.3) is 0 Å². The molecule has 0 radical (unpaired) electrons. The van der Waals surface area contributed by atoms with Crippen LogP contribution in [0, 0.1) is 6.92 Å². The Labute approximate surface area is 192 Å². The molecule has 0 atom stereocenters. The maximum atomic E-state index is 12.8. The van der Waals surface area contributed by atoms with Crippen LogP contribution in [0.5, 0.6) is 0 Å². The van der Waals surface area contributed by atoms with E-state index in [2.05, 4.69) is 10.6 Å². The summed E-state index contributed by atoms with van der Waals surface area (Å²) < 4.78 is 30.9. The Kier molecular flexibility index (Phi) is 5.41. The molecule has 0 aliphatic carbocycles. The number of nitrogens with zero attached hydrogens (tertiary/aromatic N) is 3. The van der Waals surface area contributed by atoms with E-state index in [1.54, 1.807) is 12.1 Å². The van der Waals surface area contributed by atoms with Crippen molar-refractivity contribution in [1.29, 1.82) is 0 Å². The number of benzene rings is 2. The first kappa shape index (κ1) is 21.6. The van der Waals surface area contributed by atoms with Crippen molar-refractivity contribution < 1.29 is 17.9 Å². The van der Waals surface area contributed by atoms with E-state index in [-0.39, 0.29) is 12.3 Å². The molecule has 10 heteroatoms. The molecule has 3 aromatic rings. The molecule has 5 rings (SSSR count). The average Bonchev–Trinajstić information content (AvgIpc) is 2.91. The zero-order valence-electron chi connectivity index (χ0n) is 18.2. The lowest BCUT2D eigenvalue weighted by Gasteiger charge is -2.41. The summed E-state index contributed by atoms with van der Waals surface area (Å²) in [5.74, 6) is 1.09. The molecule has 1 saturated heterocycles. The molecular weight excluding hydrogens is 442 g/mol. The smallest absolute Gasteiger partial charge is 0.228 e. The van der Waals surface area contributed by atoms with Crippen LogP contribution < -0.4 is 15.5 Å². The molecule has 3 heterocycles. The van der Waals surface area contributed by atoms with Gasteiger partial charge in [0.05, 0.1) is 29.4 Å². The van der Waals surface area contributed by atoms with Gasteiger partial charge in [0.15, 0.2) is 9.84 Å². The number of fused-ring (bicyclic) bond motifs is 2. The van der Waals surface area contributed by atoms with E-state index in [0.29, 0.717) is 49.4 Å². The lowest BCUT2D eigenvalue weighted by Crippen LogP contribution is -2.64. The largest absolute Gasteiger partial charge is 0.376 e. The number of amides is 1. The Morgan fingerprint density at radius 1 is 1.18 bits per heavy atom. The predicted octanol–water partition coefficient (Wildman–Crippen LogP) is 1.66. The number of ether oxygens (including phenoxy) is 1. The van der Waals surface area contributed by atoms with E-state index in [1.807, 2.05) is 42.2 Å². The highest BCUT2D eigenvalue weighted by molar-refractivity contribution is 7.91. The molecule has 9 nitrogen and oxygen atoms in total. The number of hydrogen-bond donors (Lipinski definition) is 2. The molecular formula is C23H25N5O4S. The van der Waals surface area contributed by atoms with Crippen molar-refractivity contribution in [3.63, 3.8) is 0 Å². The first-order valence-electron chi connectivity index (χ1n) is 10.8. The second-order valence-electron chi connectivity index (χ2n) is 8.63. The second-order valence-corrected chi connectivity index (χ2v) is 10.7. The number of aromatic nitrogens is 2. The molecule has 1 amide bonds. The lowest BCUT2D eigenvalue weighted by atomic mass is 9.98. The van der Waals surface area contributed by atoms with Crippen molar-refractivity contribution in [2.75, 3.05) is 42.3 Å². The van der Waals surface area contributed by atoms with Crippen molar-refractivity contribution in [1.82, 2.24) is 15.3 Å². The summed E-state index contributed by atoms with van der Waals surface area (Å²) in [5.41, 5.74) is 2.09. The Balaban J connectivity index is 1.53. The molecule has 33 heavy (non-hydrogen) atoms. The van der Waals surface area contributed by atoms with Crippen LogP contribution in [-0.4, -0.2) is 62.4 Å². The molecule has 0 spiro atoms. The number of carbonyl (C=O) groups excluding carboxylic acids is 1. The molecule has 1 fully saturated rings. The van der Waals surface area contributed by atoms with Crippen molar-refractivity contribution in [3.8, 4) is 0 Å². The van der Waals surface area contributed by atoms with Crippen LogP contribution in [-0.2, 0) is 25.9 Å². The standard InChI is InChI=1S/C23H25N5O4S/c1-16-6-7-19-18(10-16)21(24-12-23(25-15-29)13-32-14-23)27-22(26-19)28-8-9-33(30,31)20-5-3-2-4-17(20)11-28/h2-7,10,15H,8-9,11-14H2,1H3,(H,25,29)(H,24,26,27). The summed E-state index contributed by atoms with van der Waals surface area (Å²) >= 11 is 0. The molecule has 172 valence electrons. The maximum Gasteiger partial charge on any atom is 0.228 e. The Bertz CT molecular complexity index is 1320. The van der Waals surface area contributed by atoms with E-state index < -0.39 is 15.4 Å². The van der Waals surface area contributed by atoms with Gasteiger partial charge in [-0.25, -0.2) is 13.4 Å². The average molecular weight is 468 g/mol. The topological polar surface area (TPSA) is 114 Å². The molecule has 0 bridgehead atoms. The zero-order chi connectivity index (χ0) is 23.1. The van der Waals surface area contributed by atoms with E-state index in [9.17, 15) is 13.2 Å². The van der Waals surface area contributed by atoms with Gasteiger partial charge < -0.3 is 20.3 Å². The quantitative estimate of drug-likeness (QED) is 0.526. The summed E-state index contributed by atoms with van der Waals surface area (Å²) in [7, 11) is -3.38. The molecule has 0 unspecified atom stereocenters. The van der Waals surface area contributed by atoms with E-state index >= 15 is 0 Å². The summed E-state index contributed by atoms with van der Waals surface area (Å²) in [4.78, 5) is 22.9. The van der Waals surface area contributed by atoms with Gasteiger partial charge in [-0.15, -0.1) is 0 Å². The number of carbonyl (C=O) groups is 1. The third kappa shape index (κ3) is 4.11. The zero-order valence-corrected chi connectivity index (χ0v) is 19.1. The first-order valence-corrected chi connectivity index (χ1v) is 12.4. The monoisotopic (exact) mass is 467 g/mol. The summed E-state index contributed by atoms with van der Waals surface area (Å²) in [6, 6.07) is 13.0. The van der Waals surface area contributed by atoms with Gasteiger partial charge in [-0.05, 0) is 30.7 Å². The summed E-state index contributed by atoms with van der Waals surface area (Å²) in [6.07, 6.45) is 0.687. The van der Waals surface area contributed by atoms with Crippen molar-refractivity contribution in [2.45, 2.75) is 23.9 Å². The minimum absolute atomic E-state index is 0.00816. The minimum atomic E-state index is -3.38. The number of hydrogen-bond acceptors (Lipinski definition) is 8. The van der Waals surface area contributed by atoms with Crippen molar-refractivity contribution in [2.24, 2.45) is 0 Å². The third-order valence-electron chi connectivity index (χ3n) is 6.14. The Morgan fingerprint density at radius 3 is 2.76 bits per heavy atom. The Hall–Kier alpha value is -3.24. The molecule has 1 aromatic heterocycles. The van der Waals surface area contributed by atoms with Crippen LogP contribution in [0.3, 0.4) is 0 Å². The van der Waals surface area contributed by atoms with E-state index in [0.717, 1.165) is 22.0 Å². The van der Waals surface area contributed by atoms with Gasteiger partial charge in [0.2, 0.25) is 12.4 Å². The van der Waals surface area contributed by atoms with Crippen LogP contribution in [0.2, 0.25) is 0 Å². The van der Waals surface area contributed by atoms with E-state index in [4.69, 9.17) is 14.7 Å². The van der Waals surface area contributed by atoms with Crippen LogP contribution in [0.15, 0.2) is 47.4 Å². The normalized spacial score (nSPS) is 18.6. The van der Waals surface area contributed by atoms with Crippen LogP contribution in [0.1, 0.15) is 11.1 Å². The molecule has 2 aliphatic rings. The SMILES string of the molecule is Cc1ccc2nc(N3CCS(=O)(=O)c4ccccc4C3)nc(NCC3(NC=O)COC3)c2c1. The van der Waals surface area contributed by atoms with E-state index in [1.165, 1.54) is 0 Å². The first-order chi connectivity index (χ1) is 15.9. The molecule has 2 N–H and O–H groups in total. The number of rotatable bonds is 6. The number of sulfone groups is 1. The highest BCUT2D eigenvalue weighted by Gasteiger charge is 2.38. The van der Waals surface area contributed by atoms with Gasteiger partial charge in [0, 0.05) is 25.0 Å². The highest BCUT2D eigenvalue weighted by atomic mass is 32.2. The number of anilines is 2. The number of nitrogens with one attached hydrogen (secondary N) is 2. The van der Waals surface area contributed by atoms with Crippen LogP contribution in [0.25, 0.3) is 10.9 Å². The predicted molar refractivity (Wildman–Crippen MR) is 125 cm³/mol. The Morgan fingerprint density at radius 2 is 2.00 bits per heavy atom. The molecule has 2 aliphatic heterocycles. The fourth-order valence-electron chi connectivity index (χ4n) is 4.20. The van der Waals surface area contributed by atoms with Crippen LogP contribution in [0.4, 0.5) is 11.8 Å². The molecule has 2 aromatic carbocycles. The van der Waals surface area contributed by atoms with Gasteiger partial charge in [0.1, 0.15) is 11.4 Å². The lowest BCUT2D eigenvalue weighted by molar-refractivity contribution is -0.119. The molecule has 0 saturated carbocycles. The van der Waals surface area contributed by atoms with Crippen molar-refractivity contribution in [3.05, 3.63) is 53.6 Å². The minimum Gasteiger partial charge on any atom is -0.376 e. The van der Waals surface area contributed by atoms with Crippen molar-refractivity contribution >= 4 is 38.9 Å².